The van der Waals surface area contributed by atoms with Crippen LogP contribution >= 0.6 is 0 Å². The monoisotopic (exact) mass is 734 g/mol. The van der Waals surface area contributed by atoms with Gasteiger partial charge in [-0.25, -0.2) is 0 Å². The lowest BCUT2D eigenvalue weighted by molar-refractivity contribution is -0.981. The summed E-state index contributed by atoms with van der Waals surface area (Å²) in [6.07, 6.45) is 15.5. The Morgan fingerprint density at radius 2 is 0.963 bits per heavy atom. The minimum atomic E-state index is -0.0821. The fourth-order valence-electron chi connectivity index (χ4n) is 12.8. The third-order valence-electron chi connectivity index (χ3n) is 14.0. The predicted octanol–water partition coefficient (Wildman–Crippen LogP) is 6.91. The number of aryl methyl sites for hydroxylation is 2. The van der Waals surface area contributed by atoms with Crippen molar-refractivity contribution in [1.82, 2.24) is 30.2 Å². The second-order valence-electron chi connectivity index (χ2n) is 18.1. The van der Waals surface area contributed by atoms with Gasteiger partial charge in [0.1, 0.15) is 4.91 Å². The van der Waals surface area contributed by atoms with E-state index in [4.69, 9.17) is 19.9 Å². The molecule has 0 spiro atoms. The largest absolute Gasteiger partial charge is 0.477 e. The Labute approximate surface area is 315 Å². The zero-order chi connectivity index (χ0) is 36.4. The van der Waals surface area contributed by atoms with Gasteiger partial charge in [-0.1, -0.05) is 36.4 Å². The summed E-state index contributed by atoms with van der Waals surface area (Å²) in [5.41, 5.74) is 2.56. The van der Waals surface area contributed by atoms with Crippen LogP contribution in [0.4, 0.5) is 0 Å². The van der Waals surface area contributed by atoms with E-state index in [1.54, 1.807) is 0 Å². The van der Waals surface area contributed by atoms with Crippen LogP contribution < -0.4 is 10.6 Å². The van der Waals surface area contributed by atoms with Crippen LogP contribution in [0.5, 0.6) is 0 Å². The average Bonchev–Trinajstić information content (AvgIpc) is 3.69. The Balaban J connectivity index is 0.704. The minimum absolute atomic E-state index is 0.0811. The number of nitrogens with zero attached hydrogens (tertiary/aromatic N) is 5. The van der Waals surface area contributed by atoms with Crippen LogP contribution in [-0.2, 0) is 22.8 Å². The normalized spacial score (nSPS) is 31.6. The number of rotatable bonds is 14. The number of carbonyl (C=O) groups excluding carboxylic acids is 2. The minimum Gasteiger partial charge on any atom is -0.345 e. The lowest BCUT2D eigenvalue weighted by Gasteiger charge is -2.56. The molecule has 0 saturated heterocycles. The number of hydrogen-bond donors (Lipinski definition) is 2. The van der Waals surface area contributed by atoms with E-state index in [1.165, 1.54) is 38.5 Å². The highest BCUT2D eigenvalue weighted by atomic mass is 17.0. The first-order valence-corrected chi connectivity index (χ1v) is 20.6. The van der Waals surface area contributed by atoms with E-state index >= 15 is 0 Å². The molecule has 54 heavy (non-hydrogen) atoms. The second-order valence-corrected chi connectivity index (χ2v) is 18.1. The smallest absolute Gasteiger partial charge is 0.345 e. The molecule has 0 radical (unpaired) electrons. The molecule has 0 unspecified atom stereocenters. The maximum absolute atomic E-state index is 13.7. The van der Waals surface area contributed by atoms with E-state index in [0.717, 1.165) is 95.8 Å². The van der Waals surface area contributed by atoms with Crippen molar-refractivity contribution in [1.29, 1.82) is 0 Å². The molecule has 2 aromatic carbocycles. The van der Waals surface area contributed by atoms with Crippen LogP contribution in [0.3, 0.4) is 0 Å². The van der Waals surface area contributed by atoms with Crippen molar-refractivity contribution in [3.05, 3.63) is 64.8 Å². The molecular weight excluding hydrogens is 683 g/mol. The summed E-state index contributed by atoms with van der Waals surface area (Å²) in [5, 5.41) is 18.3. The summed E-state index contributed by atoms with van der Waals surface area (Å²) >= 11 is 0. The van der Waals surface area contributed by atoms with E-state index in [0.29, 0.717) is 37.3 Å². The Morgan fingerprint density at radius 3 is 1.33 bits per heavy atom. The summed E-state index contributed by atoms with van der Waals surface area (Å²) in [6.45, 7) is 1.26. The summed E-state index contributed by atoms with van der Waals surface area (Å²) < 4.78 is 3.69. The number of amides is 2. The van der Waals surface area contributed by atoms with Gasteiger partial charge in [0, 0.05) is 47.8 Å². The fraction of sp³-hybridized carbons (Fsp3) is 0.619. The molecule has 12 rings (SSSR count). The van der Waals surface area contributed by atoms with Crippen molar-refractivity contribution in [3.63, 3.8) is 0 Å². The van der Waals surface area contributed by atoms with Gasteiger partial charge in [0.25, 0.3) is 11.8 Å². The van der Waals surface area contributed by atoms with Gasteiger partial charge in [-0.05, 0) is 125 Å². The van der Waals surface area contributed by atoms with Crippen molar-refractivity contribution in [2.24, 2.45) is 35.5 Å². The van der Waals surface area contributed by atoms with E-state index in [1.807, 2.05) is 57.9 Å². The molecule has 2 heterocycles. The van der Waals surface area contributed by atoms with Gasteiger partial charge in [0.05, 0.1) is 11.0 Å². The first-order chi connectivity index (χ1) is 26.3. The third kappa shape index (κ3) is 6.32. The van der Waals surface area contributed by atoms with Crippen molar-refractivity contribution in [3.8, 4) is 0 Å². The number of hydrogen-bond acceptors (Lipinski definition) is 7. The molecule has 8 bridgehead atoms. The SMILES string of the molecule is O=C(NC12CC3CC(CC(C3)C1)C2)c1nn(CCCO[N+](=O)OCCCn2nc(C(=O)NC34CC5CC(CC(C5)C3)C4)c3ccccc32)c2ccccc12. The lowest BCUT2D eigenvalue weighted by Crippen LogP contribution is -2.59. The average molecular weight is 735 g/mol. The van der Waals surface area contributed by atoms with Crippen LogP contribution in [0.1, 0.15) is 111 Å². The molecule has 8 fully saturated rings. The Bertz CT molecular complexity index is 1890. The first kappa shape index (κ1) is 34.0. The Hall–Kier alpha value is -4.48. The van der Waals surface area contributed by atoms with E-state index in [9.17, 15) is 14.5 Å². The highest BCUT2D eigenvalue weighted by Crippen LogP contribution is 2.57. The van der Waals surface area contributed by atoms with Gasteiger partial charge >= 0.3 is 5.09 Å². The van der Waals surface area contributed by atoms with E-state index in [2.05, 4.69) is 10.6 Å². The molecule has 12 heteroatoms. The van der Waals surface area contributed by atoms with Gasteiger partial charge in [0.2, 0.25) is 0 Å². The van der Waals surface area contributed by atoms with Crippen LogP contribution in [0, 0.1) is 40.4 Å². The van der Waals surface area contributed by atoms with Crippen LogP contribution in [-0.4, -0.2) is 60.8 Å². The molecule has 8 aliphatic carbocycles. The second kappa shape index (κ2) is 13.4. The van der Waals surface area contributed by atoms with Gasteiger partial charge in [-0.2, -0.15) is 19.9 Å². The third-order valence-corrected chi connectivity index (χ3v) is 14.0. The molecule has 2 aromatic heterocycles. The molecule has 12 nitrogen and oxygen atoms in total. The molecule has 0 aliphatic heterocycles. The summed E-state index contributed by atoms with van der Waals surface area (Å²) in [4.78, 5) is 50.5. The molecule has 2 amide bonds. The Kier molecular flexibility index (Phi) is 8.43. The predicted molar refractivity (Wildman–Crippen MR) is 201 cm³/mol. The lowest BCUT2D eigenvalue weighted by atomic mass is 9.53. The highest BCUT2D eigenvalue weighted by molar-refractivity contribution is 6.06. The number of aromatic nitrogens is 4. The molecular formula is C42H52N7O5+. The van der Waals surface area contributed by atoms with Crippen LogP contribution in [0.25, 0.3) is 21.8 Å². The zero-order valence-corrected chi connectivity index (χ0v) is 31.1. The molecule has 8 aliphatic rings. The molecule has 8 saturated carbocycles. The van der Waals surface area contributed by atoms with Crippen molar-refractivity contribution in [2.75, 3.05) is 13.2 Å². The van der Waals surface area contributed by atoms with Crippen molar-refractivity contribution < 1.29 is 24.4 Å². The number of para-hydroxylation sites is 2. The summed E-state index contributed by atoms with van der Waals surface area (Å²) in [5.74, 6) is 4.31. The van der Waals surface area contributed by atoms with Gasteiger partial charge in [0.15, 0.2) is 24.6 Å². The first-order valence-electron chi connectivity index (χ1n) is 20.6. The van der Waals surface area contributed by atoms with Crippen LogP contribution in [0.2, 0.25) is 0 Å². The molecule has 4 aromatic rings. The maximum Gasteiger partial charge on any atom is 0.477 e. The summed E-state index contributed by atoms with van der Waals surface area (Å²) in [7, 11) is 0. The van der Waals surface area contributed by atoms with Crippen LogP contribution in [0.15, 0.2) is 48.5 Å². The van der Waals surface area contributed by atoms with E-state index < -0.39 is 0 Å². The van der Waals surface area contributed by atoms with Gasteiger partial charge in [-0.15, -0.1) is 0 Å². The maximum atomic E-state index is 13.7. The zero-order valence-electron chi connectivity index (χ0n) is 31.1. The van der Waals surface area contributed by atoms with Gasteiger partial charge < -0.3 is 10.6 Å². The molecule has 284 valence electrons. The Morgan fingerprint density at radius 1 is 0.611 bits per heavy atom. The van der Waals surface area contributed by atoms with E-state index in [-0.39, 0.29) is 41.2 Å². The number of benzene rings is 2. The number of fused-ring (bicyclic) bond motifs is 2. The highest BCUT2D eigenvalue weighted by Gasteiger charge is 2.53. The molecule has 0 atom stereocenters. The van der Waals surface area contributed by atoms with Crippen molar-refractivity contribution >= 4 is 33.6 Å². The number of nitrogens with one attached hydrogen (secondary N) is 2. The topological polar surface area (TPSA) is 132 Å². The van der Waals surface area contributed by atoms with Crippen molar-refractivity contribution in [2.45, 2.75) is 114 Å². The quantitative estimate of drug-likeness (QED) is 0.106. The number of carbonyl (C=O) groups is 2. The fourth-order valence-corrected chi connectivity index (χ4v) is 12.8. The summed E-state index contributed by atoms with van der Waals surface area (Å²) in [6, 6.07) is 15.7. The van der Waals surface area contributed by atoms with Gasteiger partial charge in [-0.3, -0.25) is 19.0 Å². The standard InChI is InChI=1S/C42H51N7O5/c50-39(43-41-21-27-15-28(22-41)17-29(16-27)23-41)37-33-7-1-3-9-35(33)47(45-37)11-5-13-53-49(52)54-14-6-12-48-36-10-4-2-8-34(36)38(46-48)40(51)44-42-24-30-18-31(25-42)20-32(19-30)26-42/h1-4,7-10,27-32H,5-6,11-26H2,(H-,43,44,50,51)/p+1. The molecule has 2 N–H and O–H groups in total.